The summed E-state index contributed by atoms with van der Waals surface area (Å²) < 4.78 is 25.8. The van der Waals surface area contributed by atoms with E-state index in [4.69, 9.17) is 0 Å². The van der Waals surface area contributed by atoms with Crippen molar-refractivity contribution in [1.29, 1.82) is 0 Å². The van der Waals surface area contributed by atoms with E-state index in [1.807, 2.05) is 23.1 Å². The molecule has 1 amide bonds. The van der Waals surface area contributed by atoms with Crippen LogP contribution in [-0.4, -0.2) is 44.6 Å². The molecule has 4 atom stereocenters. The SMILES string of the molecule is C[C@@H]1[C@@H](C(=O)N2CCC[C@@H](NS(C)(=O)=O)CC2)[C@@H]1c1ccccc1-c1ccccc1. The maximum absolute atomic E-state index is 13.3. The fourth-order valence-corrected chi connectivity index (χ4v) is 5.78. The summed E-state index contributed by atoms with van der Waals surface area (Å²) >= 11 is 0. The van der Waals surface area contributed by atoms with Crippen LogP contribution in [0, 0.1) is 11.8 Å². The Morgan fingerprint density at radius 3 is 2.43 bits per heavy atom. The first kappa shape index (κ1) is 21.1. The molecule has 1 saturated carbocycles. The minimum Gasteiger partial charge on any atom is -0.342 e. The third-order valence-corrected chi connectivity index (χ3v) is 7.25. The lowest BCUT2D eigenvalue weighted by Gasteiger charge is -2.21. The highest BCUT2D eigenvalue weighted by Gasteiger charge is 2.54. The van der Waals surface area contributed by atoms with Crippen LogP contribution in [0.25, 0.3) is 11.1 Å². The van der Waals surface area contributed by atoms with Gasteiger partial charge in [0.15, 0.2) is 0 Å². The van der Waals surface area contributed by atoms with E-state index in [1.165, 1.54) is 22.9 Å². The second-order valence-electron chi connectivity index (χ2n) is 8.71. The van der Waals surface area contributed by atoms with Crippen molar-refractivity contribution in [3.63, 3.8) is 0 Å². The number of sulfonamides is 1. The quantitative estimate of drug-likeness (QED) is 0.794. The molecule has 6 heteroatoms. The van der Waals surface area contributed by atoms with E-state index in [9.17, 15) is 13.2 Å². The van der Waals surface area contributed by atoms with Crippen molar-refractivity contribution in [2.45, 2.75) is 38.1 Å². The summed E-state index contributed by atoms with van der Waals surface area (Å²) in [6.45, 7) is 3.49. The zero-order valence-electron chi connectivity index (χ0n) is 17.6. The highest BCUT2D eigenvalue weighted by atomic mass is 32.2. The van der Waals surface area contributed by atoms with Crippen LogP contribution in [0.1, 0.15) is 37.7 Å². The van der Waals surface area contributed by atoms with Crippen molar-refractivity contribution in [2.24, 2.45) is 11.8 Å². The molecule has 30 heavy (non-hydrogen) atoms. The van der Waals surface area contributed by atoms with Gasteiger partial charge >= 0.3 is 0 Å². The zero-order chi connectivity index (χ0) is 21.3. The maximum atomic E-state index is 13.3. The van der Waals surface area contributed by atoms with Crippen LogP contribution < -0.4 is 4.72 Å². The van der Waals surface area contributed by atoms with Crippen LogP contribution in [0.3, 0.4) is 0 Å². The summed E-state index contributed by atoms with van der Waals surface area (Å²) in [5.74, 6) is 0.780. The number of likely N-dealkylation sites (tertiary alicyclic amines) is 1. The summed E-state index contributed by atoms with van der Waals surface area (Å²) in [4.78, 5) is 15.3. The van der Waals surface area contributed by atoms with Crippen LogP contribution in [0.5, 0.6) is 0 Å². The lowest BCUT2D eigenvalue weighted by Crippen LogP contribution is -2.37. The lowest BCUT2D eigenvalue weighted by molar-refractivity contribution is -0.132. The standard InChI is InChI=1S/C24H30N2O3S/c1-17-22(21-13-7-6-12-20(21)18-9-4-3-5-10-18)23(17)24(27)26-15-8-11-19(14-16-26)25-30(2,28)29/h3-7,9-10,12-13,17,19,22-23,25H,8,11,14-16H2,1-2H3/t17-,19+,22-,23+/m0/s1. The first-order valence-electron chi connectivity index (χ1n) is 10.8. The van der Waals surface area contributed by atoms with Gasteiger partial charge < -0.3 is 4.90 Å². The molecule has 2 aliphatic rings. The van der Waals surface area contributed by atoms with Gasteiger partial charge in [-0.1, -0.05) is 61.5 Å². The first-order valence-corrected chi connectivity index (χ1v) is 12.6. The number of nitrogens with one attached hydrogen (secondary N) is 1. The molecule has 0 aromatic heterocycles. The molecule has 2 fully saturated rings. The van der Waals surface area contributed by atoms with Crippen molar-refractivity contribution in [3.05, 3.63) is 60.2 Å². The highest BCUT2D eigenvalue weighted by molar-refractivity contribution is 7.88. The van der Waals surface area contributed by atoms with Crippen molar-refractivity contribution < 1.29 is 13.2 Å². The summed E-state index contributed by atoms with van der Waals surface area (Å²) in [7, 11) is -3.22. The summed E-state index contributed by atoms with van der Waals surface area (Å²) in [6, 6.07) is 18.7. The molecule has 0 bridgehead atoms. The molecule has 2 aromatic rings. The number of hydrogen-bond acceptors (Lipinski definition) is 3. The monoisotopic (exact) mass is 426 g/mol. The van der Waals surface area contributed by atoms with Crippen molar-refractivity contribution in [2.75, 3.05) is 19.3 Å². The molecule has 1 aliphatic carbocycles. The Hall–Kier alpha value is -2.18. The lowest BCUT2D eigenvalue weighted by atomic mass is 9.95. The second-order valence-corrected chi connectivity index (χ2v) is 10.5. The van der Waals surface area contributed by atoms with E-state index in [2.05, 4.69) is 48.0 Å². The highest BCUT2D eigenvalue weighted by Crippen LogP contribution is 2.56. The van der Waals surface area contributed by atoms with E-state index < -0.39 is 10.0 Å². The predicted molar refractivity (Wildman–Crippen MR) is 119 cm³/mol. The van der Waals surface area contributed by atoms with E-state index in [1.54, 1.807) is 0 Å². The Morgan fingerprint density at radius 2 is 1.70 bits per heavy atom. The minimum absolute atomic E-state index is 0.00859. The second kappa shape index (κ2) is 8.52. The number of nitrogens with zero attached hydrogens (tertiary/aromatic N) is 1. The fraction of sp³-hybridized carbons (Fsp3) is 0.458. The predicted octanol–water partition coefficient (Wildman–Crippen LogP) is 3.63. The third-order valence-electron chi connectivity index (χ3n) is 6.49. The molecular weight excluding hydrogens is 396 g/mol. The molecule has 0 radical (unpaired) electrons. The number of carbonyl (C=O) groups excluding carboxylic acids is 1. The molecule has 160 valence electrons. The molecule has 2 aromatic carbocycles. The smallest absolute Gasteiger partial charge is 0.226 e. The van der Waals surface area contributed by atoms with Gasteiger partial charge in [-0.25, -0.2) is 13.1 Å². The molecule has 1 heterocycles. The number of rotatable bonds is 5. The van der Waals surface area contributed by atoms with Crippen molar-refractivity contribution >= 4 is 15.9 Å². The average Bonchev–Trinajstić information content (AvgIpc) is 3.44. The van der Waals surface area contributed by atoms with Crippen molar-refractivity contribution in [3.8, 4) is 11.1 Å². The molecule has 1 aliphatic heterocycles. The molecular formula is C24H30N2O3S. The Bertz CT molecular complexity index is 1010. The van der Waals surface area contributed by atoms with E-state index >= 15 is 0 Å². The van der Waals surface area contributed by atoms with Gasteiger partial charge in [0.2, 0.25) is 15.9 Å². The Kier molecular flexibility index (Phi) is 5.98. The van der Waals surface area contributed by atoms with Gasteiger partial charge in [0.25, 0.3) is 0 Å². The molecule has 4 rings (SSSR count). The van der Waals surface area contributed by atoms with E-state index in [-0.39, 0.29) is 23.8 Å². The van der Waals surface area contributed by atoms with Gasteiger partial charge in [-0.3, -0.25) is 4.79 Å². The fourth-order valence-electron chi connectivity index (χ4n) is 4.93. The minimum atomic E-state index is -3.22. The van der Waals surface area contributed by atoms with Crippen LogP contribution in [0.4, 0.5) is 0 Å². The average molecular weight is 427 g/mol. The van der Waals surface area contributed by atoms with E-state index in [0.717, 1.165) is 12.8 Å². The van der Waals surface area contributed by atoms with Gasteiger partial charge in [-0.2, -0.15) is 0 Å². The van der Waals surface area contributed by atoms with Crippen LogP contribution in [-0.2, 0) is 14.8 Å². The molecule has 0 spiro atoms. The number of hydrogen-bond donors (Lipinski definition) is 1. The first-order chi connectivity index (χ1) is 14.3. The zero-order valence-corrected chi connectivity index (χ0v) is 18.4. The molecule has 1 N–H and O–H groups in total. The largest absolute Gasteiger partial charge is 0.342 e. The summed E-state index contributed by atoms with van der Waals surface area (Å²) in [6.07, 6.45) is 3.47. The van der Waals surface area contributed by atoms with Gasteiger partial charge in [-0.05, 0) is 47.8 Å². The topological polar surface area (TPSA) is 66.5 Å². The van der Waals surface area contributed by atoms with Crippen LogP contribution in [0.15, 0.2) is 54.6 Å². The maximum Gasteiger partial charge on any atom is 0.226 e. The summed E-state index contributed by atoms with van der Waals surface area (Å²) in [5.41, 5.74) is 3.64. The van der Waals surface area contributed by atoms with E-state index in [0.29, 0.717) is 25.4 Å². The Morgan fingerprint density at radius 1 is 1.00 bits per heavy atom. The molecule has 1 saturated heterocycles. The van der Waals surface area contributed by atoms with Gasteiger partial charge in [0.1, 0.15) is 0 Å². The molecule has 5 nitrogen and oxygen atoms in total. The van der Waals surface area contributed by atoms with Gasteiger partial charge in [0, 0.05) is 25.0 Å². The third kappa shape index (κ3) is 4.60. The summed E-state index contributed by atoms with van der Waals surface area (Å²) in [5, 5.41) is 0. The van der Waals surface area contributed by atoms with Gasteiger partial charge in [0.05, 0.1) is 6.26 Å². The van der Waals surface area contributed by atoms with Crippen LogP contribution >= 0.6 is 0 Å². The van der Waals surface area contributed by atoms with Crippen molar-refractivity contribution in [1.82, 2.24) is 9.62 Å². The number of amides is 1. The number of benzene rings is 2. The van der Waals surface area contributed by atoms with Crippen LogP contribution in [0.2, 0.25) is 0 Å². The number of carbonyl (C=O) groups is 1. The molecule has 0 unspecified atom stereocenters. The Labute approximate surface area is 179 Å². The Balaban J connectivity index is 1.48. The normalized spacial score (nSPS) is 26.8. The van der Waals surface area contributed by atoms with Gasteiger partial charge in [-0.15, -0.1) is 0 Å².